The number of nitrogens with zero attached hydrogens (tertiary/aromatic N) is 1. The molecule has 0 rings (SSSR count). The van der Waals surface area contributed by atoms with Crippen LogP contribution >= 0.6 is 0 Å². The Kier molecular flexibility index (Phi) is 4.03. The van der Waals surface area contributed by atoms with Gasteiger partial charge >= 0.3 is 0 Å². The topological polar surface area (TPSA) is 50.4 Å². The highest BCUT2D eigenvalue weighted by Crippen LogP contribution is 1.71. The van der Waals surface area contributed by atoms with Gasteiger partial charge in [-0.1, -0.05) is 6.92 Å². The van der Waals surface area contributed by atoms with Gasteiger partial charge in [-0.05, 0) is 6.92 Å². The lowest BCUT2D eigenvalue weighted by molar-refractivity contribution is 0.776. The zero-order valence-corrected chi connectivity index (χ0v) is 5.44. The molecule has 3 N–H and O–H groups in total. The van der Waals surface area contributed by atoms with Crippen molar-refractivity contribution < 1.29 is 0 Å². The lowest BCUT2D eigenvalue weighted by Gasteiger charge is -1.94. The Morgan fingerprint density at radius 2 is 2.25 bits per heavy atom. The number of nitrogens with one attached hydrogen (secondary N) is 1. The highest BCUT2D eigenvalue weighted by atomic mass is 15.3. The predicted octanol–water partition coefficient (Wildman–Crippen LogP) is 0.278. The van der Waals surface area contributed by atoms with Gasteiger partial charge in [-0.2, -0.15) is 5.10 Å². The van der Waals surface area contributed by atoms with Gasteiger partial charge in [-0.15, -0.1) is 0 Å². The quantitative estimate of drug-likeness (QED) is 0.315. The molecule has 3 heteroatoms. The smallest absolute Gasteiger partial charge is 0.119 e. The van der Waals surface area contributed by atoms with Crippen LogP contribution in [0.25, 0.3) is 0 Å². The third kappa shape index (κ3) is 3.46. The van der Waals surface area contributed by atoms with Crippen molar-refractivity contribution in [3.05, 3.63) is 0 Å². The first-order valence-electron chi connectivity index (χ1n) is 2.86. The van der Waals surface area contributed by atoms with Crippen LogP contribution in [0, 0.1) is 0 Å². The number of hydrogen-bond acceptors (Lipinski definition) is 2. The van der Waals surface area contributed by atoms with E-state index in [0.717, 1.165) is 13.0 Å². The molecule has 0 aliphatic heterocycles. The van der Waals surface area contributed by atoms with Crippen molar-refractivity contribution in [2.75, 3.05) is 6.54 Å². The van der Waals surface area contributed by atoms with Gasteiger partial charge in [0, 0.05) is 13.0 Å². The molecule has 0 unspecified atom stereocenters. The molecule has 3 nitrogen and oxygen atoms in total. The molecular formula is C5H13N3. The number of hydrogen-bond donors (Lipinski definition) is 2. The van der Waals surface area contributed by atoms with E-state index in [0.29, 0.717) is 5.84 Å². The molecule has 0 spiro atoms. The van der Waals surface area contributed by atoms with Gasteiger partial charge in [-0.25, -0.2) is 0 Å². The standard InChI is InChI=1S/C5H13N3/c1-3-5(6)8-7-4-2/h7H,3-4H2,1-2H3,(H2,6,8). The van der Waals surface area contributed by atoms with Crippen molar-refractivity contribution in [1.29, 1.82) is 0 Å². The summed E-state index contributed by atoms with van der Waals surface area (Å²) >= 11 is 0. The van der Waals surface area contributed by atoms with Crippen LogP contribution in [0.5, 0.6) is 0 Å². The number of nitrogens with two attached hydrogens (primary N) is 1. The molecule has 0 atom stereocenters. The average Bonchev–Trinajstić information content (AvgIpc) is 1.83. The summed E-state index contributed by atoms with van der Waals surface area (Å²) in [7, 11) is 0. The van der Waals surface area contributed by atoms with Crippen LogP contribution in [0.4, 0.5) is 0 Å². The van der Waals surface area contributed by atoms with Crippen LogP contribution in [-0.2, 0) is 0 Å². The minimum atomic E-state index is 0.659. The molecule has 0 saturated carbocycles. The lowest BCUT2D eigenvalue weighted by Crippen LogP contribution is -2.16. The lowest BCUT2D eigenvalue weighted by atomic mass is 10.5. The normalized spacial score (nSPS) is 11.5. The van der Waals surface area contributed by atoms with Gasteiger partial charge in [0.25, 0.3) is 0 Å². The Hall–Kier alpha value is -0.730. The summed E-state index contributed by atoms with van der Waals surface area (Å²) in [6, 6.07) is 0. The second kappa shape index (κ2) is 4.43. The van der Waals surface area contributed by atoms with E-state index < -0.39 is 0 Å². The SMILES string of the molecule is CCN/N=C(/N)CC. The van der Waals surface area contributed by atoms with Gasteiger partial charge in [0.2, 0.25) is 0 Å². The third-order valence-corrected chi connectivity index (χ3v) is 0.743. The molecule has 0 bridgehead atoms. The van der Waals surface area contributed by atoms with Crippen molar-refractivity contribution in [3.8, 4) is 0 Å². The maximum atomic E-state index is 5.35. The highest BCUT2D eigenvalue weighted by Gasteiger charge is 1.80. The molecule has 0 aliphatic rings. The molecule has 48 valence electrons. The van der Waals surface area contributed by atoms with E-state index in [-0.39, 0.29) is 0 Å². The summed E-state index contributed by atoms with van der Waals surface area (Å²) in [5.41, 5.74) is 8.11. The minimum absolute atomic E-state index is 0.659. The average molecular weight is 115 g/mol. The first-order chi connectivity index (χ1) is 3.81. The van der Waals surface area contributed by atoms with Gasteiger partial charge in [0.1, 0.15) is 5.84 Å². The monoisotopic (exact) mass is 115 g/mol. The van der Waals surface area contributed by atoms with Crippen LogP contribution < -0.4 is 11.2 Å². The first kappa shape index (κ1) is 7.27. The van der Waals surface area contributed by atoms with Crippen molar-refractivity contribution in [1.82, 2.24) is 5.43 Å². The summed E-state index contributed by atoms with van der Waals surface area (Å²) < 4.78 is 0. The second-order valence-corrected chi connectivity index (χ2v) is 1.47. The third-order valence-electron chi connectivity index (χ3n) is 0.743. The van der Waals surface area contributed by atoms with Crippen LogP contribution in [0.1, 0.15) is 20.3 Å². The van der Waals surface area contributed by atoms with Crippen LogP contribution in [0.2, 0.25) is 0 Å². The molecule has 0 aromatic rings. The van der Waals surface area contributed by atoms with E-state index in [2.05, 4.69) is 10.5 Å². The van der Waals surface area contributed by atoms with E-state index in [1.54, 1.807) is 0 Å². The second-order valence-electron chi connectivity index (χ2n) is 1.47. The van der Waals surface area contributed by atoms with E-state index in [1.165, 1.54) is 0 Å². The van der Waals surface area contributed by atoms with Crippen molar-refractivity contribution in [3.63, 3.8) is 0 Å². The predicted molar refractivity (Wildman–Crippen MR) is 35.6 cm³/mol. The minimum Gasteiger partial charge on any atom is -0.386 e. The van der Waals surface area contributed by atoms with Gasteiger partial charge < -0.3 is 11.2 Å². The van der Waals surface area contributed by atoms with Gasteiger partial charge in [0.15, 0.2) is 0 Å². The van der Waals surface area contributed by atoms with Crippen LogP contribution in [0.3, 0.4) is 0 Å². The Bertz CT molecular complexity index is 77.7. The van der Waals surface area contributed by atoms with Crippen molar-refractivity contribution in [2.24, 2.45) is 10.8 Å². The summed E-state index contributed by atoms with van der Waals surface area (Å²) in [5, 5.41) is 3.81. The van der Waals surface area contributed by atoms with E-state index in [9.17, 15) is 0 Å². The van der Waals surface area contributed by atoms with Crippen LogP contribution in [0.15, 0.2) is 5.10 Å². The summed E-state index contributed by atoms with van der Waals surface area (Å²) in [6.45, 7) is 4.78. The molecule has 0 amide bonds. The Balaban J connectivity index is 3.26. The maximum Gasteiger partial charge on any atom is 0.119 e. The summed E-state index contributed by atoms with van der Waals surface area (Å²) in [6.07, 6.45) is 0.812. The Labute approximate surface area is 50.0 Å². The Morgan fingerprint density at radius 1 is 1.62 bits per heavy atom. The fraction of sp³-hybridized carbons (Fsp3) is 0.800. The highest BCUT2D eigenvalue weighted by molar-refractivity contribution is 5.79. The summed E-state index contributed by atoms with van der Waals surface area (Å²) in [4.78, 5) is 0. The fourth-order valence-corrected chi connectivity index (χ4v) is 0.260. The van der Waals surface area contributed by atoms with E-state index >= 15 is 0 Å². The zero-order valence-electron chi connectivity index (χ0n) is 5.44. The summed E-state index contributed by atoms with van der Waals surface area (Å²) in [5.74, 6) is 0.659. The molecular weight excluding hydrogens is 102 g/mol. The fourth-order valence-electron chi connectivity index (χ4n) is 0.260. The molecule has 0 aromatic carbocycles. The molecule has 0 heterocycles. The number of amidine groups is 1. The zero-order chi connectivity index (χ0) is 6.41. The number of hydrazone groups is 1. The van der Waals surface area contributed by atoms with Crippen molar-refractivity contribution >= 4 is 5.84 Å². The molecule has 8 heavy (non-hydrogen) atoms. The molecule has 0 radical (unpaired) electrons. The molecule has 0 aliphatic carbocycles. The Morgan fingerprint density at radius 3 is 2.62 bits per heavy atom. The number of rotatable bonds is 3. The van der Waals surface area contributed by atoms with Gasteiger partial charge in [0.05, 0.1) is 0 Å². The largest absolute Gasteiger partial charge is 0.386 e. The molecule has 0 fully saturated rings. The molecule has 0 saturated heterocycles. The molecule has 0 aromatic heterocycles. The van der Waals surface area contributed by atoms with E-state index in [4.69, 9.17) is 5.73 Å². The van der Waals surface area contributed by atoms with Crippen molar-refractivity contribution in [2.45, 2.75) is 20.3 Å². The van der Waals surface area contributed by atoms with Crippen LogP contribution in [-0.4, -0.2) is 12.4 Å². The van der Waals surface area contributed by atoms with Gasteiger partial charge in [-0.3, -0.25) is 0 Å². The maximum absolute atomic E-state index is 5.35. The van der Waals surface area contributed by atoms with E-state index in [1.807, 2.05) is 13.8 Å². The first-order valence-corrected chi connectivity index (χ1v) is 2.86.